The third-order valence-corrected chi connectivity index (χ3v) is 8.85. The van der Waals surface area contributed by atoms with Gasteiger partial charge in [-0.3, -0.25) is 19.6 Å². The molecule has 1 aromatic carbocycles. The second kappa shape index (κ2) is 16.3. The van der Waals surface area contributed by atoms with Crippen molar-refractivity contribution >= 4 is 11.8 Å². The molecule has 5 atom stereocenters. The molecule has 7 N–H and O–H groups in total. The van der Waals surface area contributed by atoms with Crippen molar-refractivity contribution in [2.45, 2.75) is 95.5 Å². The SMILES string of the molecule is CC(C)c1[nH]nc(OC2O[C@H](CO)[C@H](O)[C@H](O)[C@H]2O)c1Cc1ccc(CCCC(=O)NC(C)(C)C(=O)N2CCN(CCO)CC2)cc1. The lowest BCUT2D eigenvalue weighted by atomic mass is 9.97. The van der Waals surface area contributed by atoms with E-state index in [1.54, 1.807) is 18.7 Å². The lowest BCUT2D eigenvalue weighted by Gasteiger charge is -2.39. The molecule has 0 radical (unpaired) electrons. The van der Waals surface area contributed by atoms with Crippen LogP contribution in [0.4, 0.5) is 0 Å². The van der Waals surface area contributed by atoms with Crippen LogP contribution in [-0.4, -0.2) is 140 Å². The van der Waals surface area contributed by atoms with Crippen molar-refractivity contribution in [3.05, 3.63) is 46.6 Å². The van der Waals surface area contributed by atoms with Crippen molar-refractivity contribution in [3.8, 4) is 5.88 Å². The monoisotopic (exact) mass is 661 g/mol. The molecular weight excluding hydrogens is 610 g/mol. The Morgan fingerprint density at radius 3 is 2.32 bits per heavy atom. The number of aromatic amines is 1. The summed E-state index contributed by atoms with van der Waals surface area (Å²) < 4.78 is 11.4. The highest BCUT2D eigenvalue weighted by molar-refractivity contribution is 5.90. The topological polar surface area (TPSA) is 201 Å². The van der Waals surface area contributed by atoms with E-state index in [1.807, 2.05) is 38.1 Å². The van der Waals surface area contributed by atoms with Crippen LogP contribution in [0.25, 0.3) is 0 Å². The third kappa shape index (κ3) is 9.28. The zero-order valence-electron chi connectivity index (χ0n) is 27.8. The number of aliphatic hydroxyl groups is 5. The second-order valence-corrected chi connectivity index (χ2v) is 13.3. The molecule has 3 heterocycles. The van der Waals surface area contributed by atoms with Gasteiger partial charge in [0.25, 0.3) is 0 Å². The normalized spacial score (nSPS) is 24.0. The van der Waals surface area contributed by atoms with E-state index in [0.717, 1.165) is 22.4 Å². The number of hydrogen-bond acceptors (Lipinski definition) is 11. The Morgan fingerprint density at radius 2 is 1.70 bits per heavy atom. The maximum atomic E-state index is 13.1. The first-order valence-electron chi connectivity index (χ1n) is 16.4. The summed E-state index contributed by atoms with van der Waals surface area (Å²) in [7, 11) is 0. The minimum atomic E-state index is -1.56. The predicted molar refractivity (Wildman–Crippen MR) is 172 cm³/mol. The van der Waals surface area contributed by atoms with Crippen LogP contribution in [0, 0.1) is 0 Å². The molecule has 2 aliphatic rings. The number of benzene rings is 1. The van der Waals surface area contributed by atoms with Gasteiger partial charge in [0.05, 0.1) is 13.2 Å². The maximum absolute atomic E-state index is 13.1. The van der Waals surface area contributed by atoms with Crippen molar-refractivity contribution in [1.82, 2.24) is 25.3 Å². The summed E-state index contributed by atoms with van der Waals surface area (Å²) in [6.45, 7) is 10.2. The van der Waals surface area contributed by atoms with E-state index < -0.39 is 42.9 Å². The van der Waals surface area contributed by atoms with Crippen LogP contribution >= 0.6 is 0 Å². The molecule has 47 heavy (non-hydrogen) atoms. The number of carbonyl (C=O) groups excluding carboxylic acids is 2. The van der Waals surface area contributed by atoms with Crippen LogP contribution < -0.4 is 10.1 Å². The zero-order chi connectivity index (χ0) is 34.3. The number of carbonyl (C=O) groups is 2. The van der Waals surface area contributed by atoms with Gasteiger partial charge in [0.2, 0.25) is 24.0 Å². The van der Waals surface area contributed by atoms with Gasteiger partial charge in [0.15, 0.2) is 0 Å². The van der Waals surface area contributed by atoms with Gasteiger partial charge in [-0.2, -0.15) is 0 Å². The Hall–Kier alpha value is -3.11. The van der Waals surface area contributed by atoms with E-state index in [2.05, 4.69) is 20.4 Å². The van der Waals surface area contributed by atoms with E-state index in [9.17, 15) is 30.0 Å². The number of ether oxygens (including phenoxy) is 2. The van der Waals surface area contributed by atoms with Gasteiger partial charge in [-0.05, 0) is 43.7 Å². The molecule has 0 saturated carbocycles. The molecule has 0 aliphatic carbocycles. The quantitative estimate of drug-likeness (QED) is 0.140. The number of β-amino-alcohol motifs (C(OH)–C–C–N with tert-alkyl or cyclic N) is 1. The second-order valence-electron chi connectivity index (χ2n) is 13.3. The fourth-order valence-corrected chi connectivity index (χ4v) is 6.04. The first-order valence-corrected chi connectivity index (χ1v) is 16.4. The van der Waals surface area contributed by atoms with Crippen LogP contribution in [0.1, 0.15) is 68.8 Å². The summed E-state index contributed by atoms with van der Waals surface area (Å²) in [5.41, 5.74) is 2.62. The first-order chi connectivity index (χ1) is 22.3. The Balaban J connectivity index is 1.29. The maximum Gasteiger partial charge on any atom is 0.247 e. The number of nitrogens with one attached hydrogen (secondary N) is 2. The highest BCUT2D eigenvalue weighted by Crippen LogP contribution is 2.31. The zero-order valence-corrected chi connectivity index (χ0v) is 27.8. The lowest BCUT2D eigenvalue weighted by Crippen LogP contribution is -2.60. The number of rotatable bonds is 14. The number of nitrogens with zero attached hydrogens (tertiary/aromatic N) is 3. The third-order valence-electron chi connectivity index (χ3n) is 8.85. The number of aromatic nitrogens is 2. The van der Waals surface area contributed by atoms with Crippen LogP contribution in [0.2, 0.25) is 0 Å². The van der Waals surface area contributed by atoms with E-state index in [0.29, 0.717) is 52.0 Å². The van der Waals surface area contributed by atoms with Gasteiger partial charge in [-0.15, -0.1) is 5.10 Å². The molecule has 2 aliphatic heterocycles. The number of piperazine rings is 1. The highest BCUT2D eigenvalue weighted by atomic mass is 16.7. The molecule has 2 fully saturated rings. The number of amides is 2. The fourth-order valence-electron chi connectivity index (χ4n) is 6.04. The summed E-state index contributed by atoms with van der Waals surface area (Å²) in [6.07, 6.45) is -4.99. The molecule has 4 rings (SSSR count). The number of aryl methyl sites for hydroxylation is 1. The largest absolute Gasteiger partial charge is 0.443 e. The molecule has 262 valence electrons. The summed E-state index contributed by atoms with van der Waals surface area (Å²) >= 11 is 0. The van der Waals surface area contributed by atoms with Gasteiger partial charge in [0, 0.05) is 56.8 Å². The summed E-state index contributed by atoms with van der Waals surface area (Å²) in [6, 6.07) is 7.99. The van der Waals surface area contributed by atoms with Crippen molar-refractivity contribution in [3.63, 3.8) is 0 Å². The standard InChI is InChI=1S/C33H51N5O9/c1-20(2)26-23(30(36-35-26)47-31-29(44)28(43)27(42)24(19-40)46-31)18-22-10-8-21(9-11-22)6-5-7-25(41)34-33(3,4)32(45)38-14-12-37(13-15-38)16-17-39/h8-11,20,24,27-29,31,39-40,42-44H,5-7,12-19H2,1-4H3,(H,34,41)(H,35,36)/t24-,27+,28+,29-,31?/m1/s1. The molecule has 2 aromatic rings. The summed E-state index contributed by atoms with van der Waals surface area (Å²) in [5.74, 6) is -0.00650. The van der Waals surface area contributed by atoms with Crippen molar-refractivity contribution in [2.24, 2.45) is 0 Å². The molecule has 0 spiro atoms. The van der Waals surface area contributed by atoms with Crippen LogP contribution in [0.15, 0.2) is 24.3 Å². The number of hydrogen-bond donors (Lipinski definition) is 7. The van der Waals surface area contributed by atoms with Crippen LogP contribution in [0.5, 0.6) is 5.88 Å². The van der Waals surface area contributed by atoms with Gasteiger partial charge in [-0.1, -0.05) is 38.1 Å². The Bertz CT molecular complexity index is 1310. The summed E-state index contributed by atoms with van der Waals surface area (Å²) in [5, 5.41) is 59.5. The fraction of sp³-hybridized carbons (Fsp3) is 0.667. The molecule has 1 unspecified atom stereocenters. The molecule has 2 amide bonds. The Labute approximate surface area is 275 Å². The van der Waals surface area contributed by atoms with E-state index in [-0.39, 0.29) is 36.6 Å². The van der Waals surface area contributed by atoms with Gasteiger partial charge in [-0.25, -0.2) is 0 Å². The van der Waals surface area contributed by atoms with E-state index in [4.69, 9.17) is 14.6 Å². The van der Waals surface area contributed by atoms with Crippen molar-refractivity contribution < 1.29 is 44.6 Å². The minimum Gasteiger partial charge on any atom is -0.443 e. The predicted octanol–water partition coefficient (Wildman–Crippen LogP) is -0.343. The van der Waals surface area contributed by atoms with Gasteiger partial charge in [0.1, 0.15) is 30.0 Å². The van der Waals surface area contributed by atoms with E-state index >= 15 is 0 Å². The minimum absolute atomic E-state index is 0.0810. The summed E-state index contributed by atoms with van der Waals surface area (Å²) in [4.78, 5) is 29.7. The smallest absolute Gasteiger partial charge is 0.247 e. The van der Waals surface area contributed by atoms with Crippen molar-refractivity contribution in [1.29, 1.82) is 0 Å². The average molecular weight is 662 g/mol. The lowest BCUT2D eigenvalue weighted by molar-refractivity contribution is -0.278. The molecule has 2 saturated heterocycles. The van der Waals surface area contributed by atoms with Crippen LogP contribution in [-0.2, 0) is 27.2 Å². The number of aliphatic hydroxyl groups excluding tert-OH is 5. The molecule has 14 nitrogen and oxygen atoms in total. The van der Waals surface area contributed by atoms with Crippen LogP contribution in [0.3, 0.4) is 0 Å². The van der Waals surface area contributed by atoms with Gasteiger partial charge >= 0.3 is 0 Å². The molecular formula is C33H51N5O9. The Morgan fingerprint density at radius 1 is 1.04 bits per heavy atom. The molecule has 0 bridgehead atoms. The van der Waals surface area contributed by atoms with Gasteiger partial charge < -0.3 is 45.2 Å². The number of H-pyrrole nitrogens is 1. The highest BCUT2D eigenvalue weighted by Gasteiger charge is 2.45. The Kier molecular flexibility index (Phi) is 12.8. The average Bonchev–Trinajstić information content (AvgIpc) is 3.44. The first kappa shape index (κ1) is 36.7. The molecule has 1 aromatic heterocycles. The van der Waals surface area contributed by atoms with Crippen molar-refractivity contribution in [2.75, 3.05) is 45.9 Å². The molecule has 14 heteroatoms. The van der Waals surface area contributed by atoms with E-state index in [1.165, 1.54) is 0 Å².